The first-order valence-electron chi connectivity index (χ1n) is 9.14. The first-order chi connectivity index (χ1) is 13.6. The number of hydrogen-bond acceptors (Lipinski definition) is 4. The Balaban J connectivity index is 1.59. The number of anilines is 3. The van der Waals surface area contributed by atoms with Crippen LogP contribution in [-0.2, 0) is 0 Å². The summed E-state index contributed by atoms with van der Waals surface area (Å²) in [5.74, 6) is -0.266. The van der Waals surface area contributed by atoms with Crippen molar-refractivity contribution in [1.29, 1.82) is 0 Å². The summed E-state index contributed by atoms with van der Waals surface area (Å²) in [6.45, 7) is 3.10. The molecule has 1 aromatic heterocycles. The molecule has 0 aliphatic heterocycles. The SMILES string of the molecule is CCCN(C)c1ccc(C(=O)Nc2ccc(NC(=O)c3ccco3)cc2)cc1. The van der Waals surface area contributed by atoms with Gasteiger partial charge in [-0.05, 0) is 67.1 Å². The highest BCUT2D eigenvalue weighted by molar-refractivity contribution is 6.05. The number of nitrogens with one attached hydrogen (secondary N) is 2. The quantitative estimate of drug-likeness (QED) is 0.629. The topological polar surface area (TPSA) is 74.6 Å². The van der Waals surface area contributed by atoms with Crippen molar-refractivity contribution < 1.29 is 14.0 Å². The standard InChI is InChI=1S/C22H23N3O3/c1-3-14-25(2)19-12-6-16(7-13-19)21(26)23-17-8-10-18(11-9-17)24-22(27)20-5-4-15-28-20/h4-13,15H,3,14H2,1-2H3,(H,23,26)(H,24,27). The Hall–Kier alpha value is -3.54. The number of carbonyl (C=O) groups excluding carboxylic acids is 2. The average molecular weight is 377 g/mol. The second-order valence-electron chi connectivity index (χ2n) is 6.43. The van der Waals surface area contributed by atoms with Crippen molar-refractivity contribution in [3.8, 4) is 0 Å². The molecule has 0 saturated carbocycles. The Kier molecular flexibility index (Phi) is 6.11. The Morgan fingerprint density at radius 1 is 0.893 bits per heavy atom. The number of carbonyl (C=O) groups is 2. The summed E-state index contributed by atoms with van der Waals surface area (Å²) < 4.78 is 5.06. The molecular weight excluding hydrogens is 354 g/mol. The first-order valence-corrected chi connectivity index (χ1v) is 9.14. The molecule has 6 nitrogen and oxygen atoms in total. The maximum Gasteiger partial charge on any atom is 0.291 e. The largest absolute Gasteiger partial charge is 0.459 e. The highest BCUT2D eigenvalue weighted by Gasteiger charge is 2.10. The van der Waals surface area contributed by atoms with Gasteiger partial charge in [-0.25, -0.2) is 0 Å². The van der Waals surface area contributed by atoms with Crippen LogP contribution in [0.1, 0.15) is 34.3 Å². The summed E-state index contributed by atoms with van der Waals surface area (Å²) >= 11 is 0. The van der Waals surface area contributed by atoms with E-state index in [-0.39, 0.29) is 17.6 Å². The molecule has 6 heteroatoms. The van der Waals surface area contributed by atoms with Crippen LogP contribution >= 0.6 is 0 Å². The van der Waals surface area contributed by atoms with Crippen LogP contribution in [0.4, 0.5) is 17.1 Å². The monoisotopic (exact) mass is 377 g/mol. The van der Waals surface area contributed by atoms with Gasteiger partial charge >= 0.3 is 0 Å². The molecule has 0 saturated heterocycles. The number of rotatable bonds is 7. The van der Waals surface area contributed by atoms with Crippen LogP contribution in [-0.4, -0.2) is 25.4 Å². The molecule has 3 aromatic rings. The number of amides is 2. The number of hydrogen-bond donors (Lipinski definition) is 2. The minimum atomic E-state index is -0.324. The van der Waals surface area contributed by atoms with Gasteiger partial charge in [-0.1, -0.05) is 6.92 Å². The normalized spacial score (nSPS) is 10.4. The van der Waals surface area contributed by atoms with Gasteiger partial charge in [0.05, 0.1) is 6.26 Å². The Morgan fingerprint density at radius 2 is 1.50 bits per heavy atom. The van der Waals surface area contributed by atoms with E-state index in [4.69, 9.17) is 4.42 Å². The van der Waals surface area contributed by atoms with Gasteiger partial charge in [0, 0.05) is 36.2 Å². The lowest BCUT2D eigenvalue weighted by atomic mass is 10.1. The van der Waals surface area contributed by atoms with E-state index in [1.54, 1.807) is 36.4 Å². The van der Waals surface area contributed by atoms with Crippen LogP contribution in [0.15, 0.2) is 71.3 Å². The van der Waals surface area contributed by atoms with Crippen molar-refractivity contribution in [2.75, 3.05) is 29.1 Å². The molecule has 2 N–H and O–H groups in total. The number of nitrogens with zero attached hydrogens (tertiary/aromatic N) is 1. The van der Waals surface area contributed by atoms with Crippen LogP contribution in [0.5, 0.6) is 0 Å². The van der Waals surface area contributed by atoms with Crippen molar-refractivity contribution in [3.63, 3.8) is 0 Å². The van der Waals surface area contributed by atoms with Crippen molar-refractivity contribution in [2.45, 2.75) is 13.3 Å². The molecular formula is C22H23N3O3. The van der Waals surface area contributed by atoms with E-state index in [1.165, 1.54) is 6.26 Å². The molecule has 0 fully saturated rings. The fourth-order valence-corrected chi connectivity index (χ4v) is 2.77. The van der Waals surface area contributed by atoms with E-state index in [9.17, 15) is 9.59 Å². The van der Waals surface area contributed by atoms with Crippen LogP contribution < -0.4 is 15.5 Å². The van der Waals surface area contributed by atoms with E-state index < -0.39 is 0 Å². The van der Waals surface area contributed by atoms with Crippen LogP contribution in [0.2, 0.25) is 0 Å². The molecule has 2 aromatic carbocycles. The van der Waals surface area contributed by atoms with Gasteiger partial charge in [0.15, 0.2) is 5.76 Å². The summed E-state index contributed by atoms with van der Waals surface area (Å²) in [5.41, 5.74) is 2.93. The van der Waals surface area contributed by atoms with Gasteiger partial charge < -0.3 is 20.0 Å². The van der Waals surface area contributed by atoms with Crippen LogP contribution in [0.3, 0.4) is 0 Å². The molecule has 3 rings (SSSR count). The van der Waals surface area contributed by atoms with E-state index in [2.05, 4.69) is 22.5 Å². The predicted octanol–water partition coefficient (Wildman–Crippen LogP) is 4.63. The third-order valence-electron chi connectivity index (χ3n) is 4.27. The van der Waals surface area contributed by atoms with Crippen molar-refractivity contribution >= 4 is 28.9 Å². The van der Waals surface area contributed by atoms with Gasteiger partial charge in [0.25, 0.3) is 11.8 Å². The molecule has 0 atom stereocenters. The smallest absolute Gasteiger partial charge is 0.291 e. The lowest BCUT2D eigenvalue weighted by Crippen LogP contribution is -2.18. The molecule has 28 heavy (non-hydrogen) atoms. The zero-order valence-corrected chi connectivity index (χ0v) is 15.9. The molecule has 0 unspecified atom stereocenters. The fraction of sp³-hybridized carbons (Fsp3) is 0.182. The highest BCUT2D eigenvalue weighted by Crippen LogP contribution is 2.18. The molecule has 144 valence electrons. The third kappa shape index (κ3) is 4.79. The molecule has 1 heterocycles. The average Bonchev–Trinajstić information content (AvgIpc) is 3.25. The van der Waals surface area contributed by atoms with Crippen molar-refractivity contribution in [1.82, 2.24) is 0 Å². The molecule has 2 amide bonds. The lowest BCUT2D eigenvalue weighted by Gasteiger charge is -2.18. The van der Waals surface area contributed by atoms with Crippen molar-refractivity contribution in [3.05, 3.63) is 78.3 Å². The number of furan rings is 1. The first kappa shape index (κ1) is 19.2. The van der Waals surface area contributed by atoms with E-state index in [0.717, 1.165) is 18.7 Å². The van der Waals surface area contributed by atoms with E-state index >= 15 is 0 Å². The van der Waals surface area contributed by atoms with Crippen LogP contribution in [0.25, 0.3) is 0 Å². The molecule has 0 aliphatic rings. The fourth-order valence-electron chi connectivity index (χ4n) is 2.77. The van der Waals surface area contributed by atoms with Gasteiger partial charge in [-0.2, -0.15) is 0 Å². The molecule has 0 spiro atoms. The summed E-state index contributed by atoms with van der Waals surface area (Å²) in [5, 5.41) is 5.59. The second kappa shape index (κ2) is 8.90. The molecule has 0 radical (unpaired) electrons. The second-order valence-corrected chi connectivity index (χ2v) is 6.43. The van der Waals surface area contributed by atoms with Gasteiger partial charge in [-0.3, -0.25) is 9.59 Å². The Bertz CT molecular complexity index is 917. The molecule has 0 bridgehead atoms. The van der Waals surface area contributed by atoms with Crippen LogP contribution in [0, 0.1) is 0 Å². The van der Waals surface area contributed by atoms with Crippen molar-refractivity contribution in [2.24, 2.45) is 0 Å². The van der Waals surface area contributed by atoms with Gasteiger partial charge in [0.2, 0.25) is 0 Å². The zero-order chi connectivity index (χ0) is 19.9. The zero-order valence-electron chi connectivity index (χ0n) is 15.9. The summed E-state index contributed by atoms with van der Waals surface area (Å²) in [6, 6.07) is 17.7. The minimum absolute atomic E-state index is 0.183. The highest BCUT2D eigenvalue weighted by atomic mass is 16.3. The third-order valence-corrected chi connectivity index (χ3v) is 4.27. The summed E-state index contributed by atoms with van der Waals surface area (Å²) in [4.78, 5) is 26.5. The maximum atomic E-state index is 12.4. The maximum absolute atomic E-state index is 12.4. The lowest BCUT2D eigenvalue weighted by molar-refractivity contribution is 0.0994. The number of benzene rings is 2. The molecule has 0 aliphatic carbocycles. The Morgan fingerprint density at radius 3 is 2.04 bits per heavy atom. The summed E-state index contributed by atoms with van der Waals surface area (Å²) in [7, 11) is 2.03. The van der Waals surface area contributed by atoms with Gasteiger partial charge in [-0.15, -0.1) is 0 Å². The Labute approximate surface area is 164 Å². The van der Waals surface area contributed by atoms with E-state index in [0.29, 0.717) is 16.9 Å². The van der Waals surface area contributed by atoms with E-state index in [1.807, 2.05) is 31.3 Å². The summed E-state index contributed by atoms with van der Waals surface area (Å²) in [6.07, 6.45) is 2.51. The van der Waals surface area contributed by atoms with Gasteiger partial charge in [0.1, 0.15) is 0 Å². The predicted molar refractivity (Wildman–Crippen MR) is 111 cm³/mol. The minimum Gasteiger partial charge on any atom is -0.459 e.